The summed E-state index contributed by atoms with van der Waals surface area (Å²) in [5, 5.41) is 0. The van der Waals surface area contributed by atoms with Crippen LogP contribution < -0.4 is 11.5 Å². The number of hydrogen-bond donors (Lipinski definition) is 2. The third-order valence-electron chi connectivity index (χ3n) is 3.73. The van der Waals surface area contributed by atoms with Crippen LogP contribution in [0.25, 0.3) is 0 Å². The molecule has 0 saturated heterocycles. The Bertz CT molecular complexity index is 171. The van der Waals surface area contributed by atoms with Gasteiger partial charge in [-0.25, -0.2) is 0 Å². The summed E-state index contributed by atoms with van der Waals surface area (Å²) in [7, 11) is 0. The maximum Gasteiger partial charge on any atom is 0.0215 e. The fraction of sp³-hybridized carbons (Fsp3) is 1.00. The van der Waals surface area contributed by atoms with Crippen LogP contribution in [0.3, 0.4) is 0 Å². The van der Waals surface area contributed by atoms with Gasteiger partial charge in [-0.1, -0.05) is 41.5 Å². The highest BCUT2D eigenvalue weighted by Gasteiger charge is 2.34. The molecular weight excluding hydrogens is 172 g/mol. The van der Waals surface area contributed by atoms with E-state index < -0.39 is 0 Å². The SMILES string of the molecule is CC(C)C(C)(C)CC(C)(C)[C@@H](N)CN. The minimum atomic E-state index is 0.0977. The molecule has 2 nitrogen and oxygen atoms in total. The predicted octanol–water partition coefficient (Wildman–Crippen LogP) is 2.37. The molecule has 0 aliphatic carbocycles. The first-order valence-corrected chi connectivity index (χ1v) is 5.59. The molecule has 0 aliphatic rings. The van der Waals surface area contributed by atoms with Gasteiger partial charge in [0, 0.05) is 12.6 Å². The molecule has 0 aliphatic heterocycles. The molecule has 0 fully saturated rings. The van der Waals surface area contributed by atoms with E-state index in [1.54, 1.807) is 0 Å². The van der Waals surface area contributed by atoms with Gasteiger partial charge in [-0.2, -0.15) is 0 Å². The molecule has 0 spiro atoms. The van der Waals surface area contributed by atoms with Crippen LogP contribution in [-0.2, 0) is 0 Å². The molecule has 0 aromatic heterocycles. The van der Waals surface area contributed by atoms with Gasteiger partial charge in [-0.05, 0) is 23.2 Å². The normalized spacial score (nSPS) is 16.1. The zero-order valence-electron chi connectivity index (χ0n) is 10.7. The topological polar surface area (TPSA) is 52.0 Å². The van der Waals surface area contributed by atoms with Crippen LogP contribution in [0.2, 0.25) is 0 Å². The van der Waals surface area contributed by atoms with Gasteiger partial charge in [0.15, 0.2) is 0 Å². The highest BCUT2D eigenvalue weighted by atomic mass is 14.8. The lowest BCUT2D eigenvalue weighted by Gasteiger charge is -2.40. The second-order valence-corrected chi connectivity index (χ2v) is 6.15. The standard InChI is InChI=1S/C12H28N2/c1-9(2)11(3,4)8-12(5,6)10(14)7-13/h9-10H,7-8,13-14H2,1-6H3/t10-/m0/s1. The van der Waals surface area contributed by atoms with E-state index in [-0.39, 0.29) is 11.5 Å². The van der Waals surface area contributed by atoms with E-state index >= 15 is 0 Å². The van der Waals surface area contributed by atoms with Crippen molar-refractivity contribution in [3.05, 3.63) is 0 Å². The summed E-state index contributed by atoms with van der Waals surface area (Å²) in [5.74, 6) is 0.673. The summed E-state index contributed by atoms with van der Waals surface area (Å²) < 4.78 is 0. The molecule has 0 aromatic carbocycles. The zero-order chi connectivity index (χ0) is 11.6. The Morgan fingerprint density at radius 3 is 1.71 bits per heavy atom. The Hall–Kier alpha value is -0.0800. The largest absolute Gasteiger partial charge is 0.329 e. The highest BCUT2D eigenvalue weighted by Crippen LogP contribution is 2.40. The molecule has 0 amide bonds. The first-order valence-electron chi connectivity index (χ1n) is 5.59. The first-order chi connectivity index (χ1) is 6.13. The van der Waals surface area contributed by atoms with Crippen molar-refractivity contribution in [3.63, 3.8) is 0 Å². The summed E-state index contributed by atoms with van der Waals surface area (Å²) in [4.78, 5) is 0. The van der Waals surface area contributed by atoms with Crippen LogP contribution in [0.1, 0.15) is 48.0 Å². The number of nitrogens with two attached hydrogens (primary N) is 2. The van der Waals surface area contributed by atoms with Gasteiger partial charge in [-0.3, -0.25) is 0 Å². The molecule has 0 bridgehead atoms. The van der Waals surface area contributed by atoms with Crippen molar-refractivity contribution >= 4 is 0 Å². The molecule has 0 unspecified atom stereocenters. The molecule has 1 atom stereocenters. The van der Waals surface area contributed by atoms with Crippen LogP contribution in [0, 0.1) is 16.7 Å². The quantitative estimate of drug-likeness (QED) is 0.716. The molecule has 0 rings (SSSR count). The summed E-state index contributed by atoms with van der Waals surface area (Å²) in [6.07, 6.45) is 1.12. The van der Waals surface area contributed by atoms with Crippen molar-refractivity contribution in [2.24, 2.45) is 28.2 Å². The van der Waals surface area contributed by atoms with E-state index in [0.717, 1.165) is 6.42 Å². The average Bonchev–Trinajstić information content (AvgIpc) is 2.00. The van der Waals surface area contributed by atoms with Gasteiger partial charge >= 0.3 is 0 Å². The van der Waals surface area contributed by atoms with Crippen LogP contribution >= 0.6 is 0 Å². The Kier molecular flexibility index (Phi) is 4.60. The van der Waals surface area contributed by atoms with Crippen LogP contribution in [-0.4, -0.2) is 12.6 Å². The average molecular weight is 200 g/mol. The van der Waals surface area contributed by atoms with Gasteiger partial charge < -0.3 is 11.5 Å². The minimum Gasteiger partial charge on any atom is -0.329 e. The lowest BCUT2D eigenvalue weighted by atomic mass is 9.67. The second kappa shape index (κ2) is 4.63. The van der Waals surface area contributed by atoms with Crippen molar-refractivity contribution in [1.82, 2.24) is 0 Å². The summed E-state index contributed by atoms with van der Waals surface area (Å²) in [6, 6.07) is 0.0977. The smallest absolute Gasteiger partial charge is 0.0215 e. The highest BCUT2D eigenvalue weighted by molar-refractivity contribution is 4.88. The lowest BCUT2D eigenvalue weighted by molar-refractivity contribution is 0.120. The molecule has 0 saturated carbocycles. The van der Waals surface area contributed by atoms with Gasteiger partial charge in [0.1, 0.15) is 0 Å². The fourth-order valence-corrected chi connectivity index (χ4v) is 1.83. The third kappa shape index (κ3) is 3.58. The molecular formula is C12H28N2. The van der Waals surface area contributed by atoms with E-state index in [2.05, 4.69) is 41.5 Å². The van der Waals surface area contributed by atoms with Gasteiger partial charge in [-0.15, -0.1) is 0 Å². The third-order valence-corrected chi connectivity index (χ3v) is 3.73. The van der Waals surface area contributed by atoms with Gasteiger partial charge in [0.05, 0.1) is 0 Å². The first kappa shape index (κ1) is 13.9. The molecule has 86 valence electrons. The van der Waals surface area contributed by atoms with E-state index in [9.17, 15) is 0 Å². The van der Waals surface area contributed by atoms with E-state index in [1.165, 1.54) is 0 Å². The van der Waals surface area contributed by atoms with Crippen molar-refractivity contribution in [1.29, 1.82) is 0 Å². The Morgan fingerprint density at radius 1 is 1.00 bits per heavy atom. The Morgan fingerprint density at radius 2 is 1.43 bits per heavy atom. The summed E-state index contributed by atoms with van der Waals surface area (Å²) in [5.41, 5.74) is 12.1. The van der Waals surface area contributed by atoms with E-state index in [1.807, 2.05) is 0 Å². The van der Waals surface area contributed by atoms with E-state index in [4.69, 9.17) is 11.5 Å². The Labute approximate surface area is 89.4 Å². The number of hydrogen-bond acceptors (Lipinski definition) is 2. The maximum atomic E-state index is 6.03. The maximum absolute atomic E-state index is 6.03. The van der Waals surface area contributed by atoms with Crippen molar-refractivity contribution in [2.45, 2.75) is 54.0 Å². The number of rotatable bonds is 5. The van der Waals surface area contributed by atoms with Crippen LogP contribution in [0.4, 0.5) is 0 Å². The van der Waals surface area contributed by atoms with Crippen molar-refractivity contribution < 1.29 is 0 Å². The predicted molar refractivity (Wildman–Crippen MR) is 64.0 cm³/mol. The molecule has 4 N–H and O–H groups in total. The van der Waals surface area contributed by atoms with E-state index in [0.29, 0.717) is 17.9 Å². The minimum absolute atomic E-state index is 0.0977. The summed E-state index contributed by atoms with van der Waals surface area (Å²) >= 11 is 0. The van der Waals surface area contributed by atoms with Crippen molar-refractivity contribution in [2.75, 3.05) is 6.54 Å². The van der Waals surface area contributed by atoms with Gasteiger partial charge in [0.25, 0.3) is 0 Å². The van der Waals surface area contributed by atoms with Crippen LogP contribution in [0.5, 0.6) is 0 Å². The summed E-state index contributed by atoms with van der Waals surface area (Å²) in [6.45, 7) is 14.2. The van der Waals surface area contributed by atoms with Crippen LogP contribution in [0.15, 0.2) is 0 Å². The van der Waals surface area contributed by atoms with Gasteiger partial charge in [0.2, 0.25) is 0 Å². The molecule has 0 heterocycles. The Balaban J connectivity index is 4.49. The second-order valence-electron chi connectivity index (χ2n) is 6.15. The van der Waals surface area contributed by atoms with Crippen molar-refractivity contribution in [3.8, 4) is 0 Å². The molecule has 0 aromatic rings. The molecule has 14 heavy (non-hydrogen) atoms. The fourth-order valence-electron chi connectivity index (χ4n) is 1.83. The molecule has 2 heteroatoms. The molecule has 0 radical (unpaired) electrons. The zero-order valence-corrected chi connectivity index (χ0v) is 10.7. The monoisotopic (exact) mass is 200 g/mol. The lowest BCUT2D eigenvalue weighted by Crippen LogP contribution is -2.46.